The first-order valence-electron chi connectivity index (χ1n) is 6.14. The van der Waals surface area contributed by atoms with Crippen molar-refractivity contribution in [3.05, 3.63) is 35.4 Å². The third-order valence-electron chi connectivity index (χ3n) is 4.19. The first-order chi connectivity index (χ1) is 7.67. The van der Waals surface area contributed by atoms with Crippen LogP contribution in [0.5, 0.6) is 0 Å². The summed E-state index contributed by atoms with van der Waals surface area (Å²) in [6, 6.07) is 7.96. The van der Waals surface area contributed by atoms with Crippen molar-refractivity contribution in [2.24, 2.45) is 11.8 Å². The SMILES string of the molecule is Cc1cccc(C2(F)CC3CNCC3C2)c1. The van der Waals surface area contributed by atoms with E-state index >= 15 is 0 Å². The number of benzene rings is 1. The zero-order valence-electron chi connectivity index (χ0n) is 9.67. The molecule has 16 heavy (non-hydrogen) atoms. The van der Waals surface area contributed by atoms with Crippen LogP contribution in [0.3, 0.4) is 0 Å². The lowest BCUT2D eigenvalue weighted by atomic mass is 9.91. The van der Waals surface area contributed by atoms with E-state index in [1.54, 1.807) is 0 Å². The highest BCUT2D eigenvalue weighted by atomic mass is 19.1. The van der Waals surface area contributed by atoms with E-state index in [2.05, 4.69) is 5.32 Å². The van der Waals surface area contributed by atoms with Gasteiger partial charge in [0.05, 0.1) is 0 Å². The second-order valence-electron chi connectivity index (χ2n) is 5.42. The second-order valence-corrected chi connectivity index (χ2v) is 5.42. The average Bonchev–Trinajstić information content (AvgIpc) is 2.76. The van der Waals surface area contributed by atoms with Crippen LogP contribution in [0.15, 0.2) is 24.3 Å². The van der Waals surface area contributed by atoms with Crippen molar-refractivity contribution in [3.8, 4) is 0 Å². The Morgan fingerprint density at radius 3 is 2.56 bits per heavy atom. The van der Waals surface area contributed by atoms with Crippen LogP contribution in [0.2, 0.25) is 0 Å². The molecule has 1 aliphatic carbocycles. The maximum absolute atomic E-state index is 14.9. The molecule has 0 aromatic heterocycles. The van der Waals surface area contributed by atoms with Crippen molar-refractivity contribution in [3.63, 3.8) is 0 Å². The smallest absolute Gasteiger partial charge is 0.136 e. The Kier molecular flexibility index (Phi) is 2.28. The van der Waals surface area contributed by atoms with Crippen LogP contribution in [0, 0.1) is 18.8 Å². The zero-order valence-corrected chi connectivity index (χ0v) is 9.67. The van der Waals surface area contributed by atoms with Gasteiger partial charge < -0.3 is 5.32 Å². The molecular weight excluding hydrogens is 201 g/mol. The summed E-state index contributed by atoms with van der Waals surface area (Å²) >= 11 is 0. The average molecular weight is 219 g/mol. The summed E-state index contributed by atoms with van der Waals surface area (Å²) in [5, 5.41) is 3.36. The van der Waals surface area contributed by atoms with Crippen molar-refractivity contribution in [2.45, 2.75) is 25.4 Å². The molecule has 0 bridgehead atoms. The van der Waals surface area contributed by atoms with Gasteiger partial charge in [-0.15, -0.1) is 0 Å². The topological polar surface area (TPSA) is 12.0 Å². The number of rotatable bonds is 1. The molecule has 0 spiro atoms. The van der Waals surface area contributed by atoms with Crippen molar-refractivity contribution >= 4 is 0 Å². The Balaban J connectivity index is 1.89. The number of halogens is 1. The van der Waals surface area contributed by atoms with Gasteiger partial charge in [-0.25, -0.2) is 4.39 Å². The maximum atomic E-state index is 14.9. The van der Waals surface area contributed by atoms with Gasteiger partial charge in [0.25, 0.3) is 0 Å². The van der Waals surface area contributed by atoms with Gasteiger partial charge in [-0.2, -0.15) is 0 Å². The monoisotopic (exact) mass is 219 g/mol. The van der Waals surface area contributed by atoms with Gasteiger partial charge in [0, 0.05) is 0 Å². The molecule has 0 radical (unpaired) electrons. The van der Waals surface area contributed by atoms with Crippen molar-refractivity contribution in [1.82, 2.24) is 5.32 Å². The lowest BCUT2D eigenvalue weighted by Crippen LogP contribution is -2.21. The zero-order chi connectivity index (χ0) is 11.2. The molecule has 86 valence electrons. The van der Waals surface area contributed by atoms with Crippen LogP contribution in [-0.2, 0) is 5.67 Å². The minimum absolute atomic E-state index is 0.547. The van der Waals surface area contributed by atoms with Crippen LogP contribution >= 0.6 is 0 Å². The quantitative estimate of drug-likeness (QED) is 0.766. The molecule has 0 amide bonds. The Hall–Kier alpha value is -0.890. The number of alkyl halides is 1. The molecule has 3 rings (SSSR count). The Labute approximate surface area is 96.1 Å². The van der Waals surface area contributed by atoms with E-state index in [-0.39, 0.29) is 0 Å². The summed E-state index contributed by atoms with van der Waals surface area (Å²) in [6.45, 7) is 4.04. The fourth-order valence-electron chi connectivity index (χ4n) is 3.34. The number of fused-ring (bicyclic) bond motifs is 1. The molecule has 2 heteroatoms. The summed E-state index contributed by atoms with van der Waals surface area (Å²) in [5.41, 5.74) is 0.982. The van der Waals surface area contributed by atoms with Crippen molar-refractivity contribution in [1.29, 1.82) is 0 Å². The van der Waals surface area contributed by atoms with Gasteiger partial charge >= 0.3 is 0 Å². The number of nitrogens with one attached hydrogen (secondary N) is 1. The Morgan fingerprint density at radius 1 is 1.25 bits per heavy atom. The largest absolute Gasteiger partial charge is 0.316 e. The number of aryl methyl sites for hydroxylation is 1. The maximum Gasteiger partial charge on any atom is 0.136 e. The molecule has 1 aliphatic heterocycles. The van der Waals surface area contributed by atoms with Gasteiger partial charge in [-0.1, -0.05) is 29.8 Å². The van der Waals surface area contributed by atoms with E-state index < -0.39 is 5.67 Å². The summed E-state index contributed by atoms with van der Waals surface area (Å²) in [4.78, 5) is 0. The molecule has 2 aliphatic rings. The number of hydrogen-bond acceptors (Lipinski definition) is 1. The first kappa shape index (κ1) is 10.3. The van der Waals surface area contributed by atoms with Gasteiger partial charge in [0.2, 0.25) is 0 Å². The van der Waals surface area contributed by atoms with Crippen LogP contribution in [0.4, 0.5) is 4.39 Å². The third kappa shape index (κ3) is 1.56. The second kappa shape index (κ2) is 3.56. The molecule has 2 atom stereocenters. The fraction of sp³-hybridized carbons (Fsp3) is 0.571. The standard InChI is InChI=1S/C14H18FN/c1-10-3-2-4-13(5-10)14(15)6-11-8-16-9-12(11)7-14/h2-5,11-12,16H,6-9H2,1H3. The van der Waals surface area contributed by atoms with E-state index in [0.717, 1.165) is 24.2 Å². The first-order valence-corrected chi connectivity index (χ1v) is 6.14. The molecule has 1 saturated carbocycles. The summed E-state index contributed by atoms with van der Waals surface area (Å²) in [5.74, 6) is 1.09. The number of hydrogen-bond donors (Lipinski definition) is 1. The lowest BCUT2D eigenvalue weighted by molar-refractivity contribution is 0.161. The lowest BCUT2D eigenvalue weighted by Gasteiger charge is -2.21. The molecule has 2 fully saturated rings. The van der Waals surface area contributed by atoms with E-state index in [1.165, 1.54) is 0 Å². The predicted molar refractivity (Wildman–Crippen MR) is 63.0 cm³/mol. The van der Waals surface area contributed by atoms with Crippen molar-refractivity contribution < 1.29 is 4.39 Å². The normalized spacial score (nSPS) is 37.6. The van der Waals surface area contributed by atoms with Crippen LogP contribution in [0.25, 0.3) is 0 Å². The summed E-state index contributed by atoms with van der Waals surface area (Å²) in [7, 11) is 0. The summed E-state index contributed by atoms with van der Waals surface area (Å²) in [6.07, 6.45) is 1.40. The molecule has 1 heterocycles. The molecule has 1 aromatic rings. The van der Waals surface area contributed by atoms with Crippen LogP contribution in [0.1, 0.15) is 24.0 Å². The molecule has 1 N–H and O–H groups in total. The highest BCUT2D eigenvalue weighted by molar-refractivity contribution is 5.29. The van der Waals surface area contributed by atoms with Crippen LogP contribution in [-0.4, -0.2) is 13.1 Å². The minimum Gasteiger partial charge on any atom is -0.316 e. The molecule has 2 unspecified atom stereocenters. The van der Waals surface area contributed by atoms with E-state index in [1.807, 2.05) is 31.2 Å². The van der Waals surface area contributed by atoms with Gasteiger partial charge in [0.1, 0.15) is 5.67 Å². The molecule has 1 saturated heterocycles. The highest BCUT2D eigenvalue weighted by Crippen LogP contribution is 2.49. The minimum atomic E-state index is -1.07. The molecular formula is C14H18FN. The van der Waals surface area contributed by atoms with Crippen LogP contribution < -0.4 is 5.32 Å². The highest BCUT2D eigenvalue weighted by Gasteiger charge is 2.48. The predicted octanol–water partition coefficient (Wildman–Crippen LogP) is 2.79. The van der Waals surface area contributed by atoms with E-state index in [0.29, 0.717) is 24.7 Å². The van der Waals surface area contributed by atoms with E-state index in [4.69, 9.17) is 0 Å². The fourth-order valence-corrected chi connectivity index (χ4v) is 3.34. The van der Waals surface area contributed by atoms with Gasteiger partial charge in [-0.05, 0) is 50.3 Å². The van der Waals surface area contributed by atoms with Gasteiger partial charge in [0.15, 0.2) is 0 Å². The van der Waals surface area contributed by atoms with Gasteiger partial charge in [-0.3, -0.25) is 0 Å². The Morgan fingerprint density at radius 2 is 1.94 bits per heavy atom. The van der Waals surface area contributed by atoms with E-state index in [9.17, 15) is 4.39 Å². The third-order valence-corrected chi connectivity index (χ3v) is 4.19. The molecule has 1 aromatic carbocycles. The summed E-state index contributed by atoms with van der Waals surface area (Å²) < 4.78 is 14.9. The van der Waals surface area contributed by atoms with Crippen molar-refractivity contribution in [2.75, 3.05) is 13.1 Å². The Bertz CT molecular complexity index is 389. The molecule has 1 nitrogen and oxygen atoms in total.